The highest BCUT2D eigenvalue weighted by atomic mass is 32.2. The number of rotatable bonds is 5. The predicted molar refractivity (Wildman–Crippen MR) is 111 cm³/mol. The summed E-state index contributed by atoms with van der Waals surface area (Å²) >= 11 is 0. The minimum atomic E-state index is -3.55. The van der Waals surface area contributed by atoms with Crippen molar-refractivity contribution in [1.29, 1.82) is 0 Å². The first-order valence-electron chi connectivity index (χ1n) is 10.0. The van der Waals surface area contributed by atoms with Crippen LogP contribution < -0.4 is 4.90 Å². The number of piperazine rings is 1. The summed E-state index contributed by atoms with van der Waals surface area (Å²) in [4.78, 5) is 32.8. The summed E-state index contributed by atoms with van der Waals surface area (Å²) in [6.45, 7) is 1.78. The van der Waals surface area contributed by atoms with Gasteiger partial charge in [0.05, 0.1) is 16.8 Å². The average molecular weight is 429 g/mol. The number of carbonyl (C=O) groups excluding carboxylic acids is 2. The van der Waals surface area contributed by atoms with Crippen LogP contribution in [0.4, 0.5) is 5.69 Å². The summed E-state index contributed by atoms with van der Waals surface area (Å²) in [6.07, 6.45) is 4.46. The van der Waals surface area contributed by atoms with Crippen LogP contribution in [0.2, 0.25) is 0 Å². The molecule has 2 amide bonds. The van der Waals surface area contributed by atoms with Crippen LogP contribution >= 0.6 is 0 Å². The lowest BCUT2D eigenvalue weighted by atomic mass is 10.2. The molecule has 1 saturated heterocycles. The molecule has 1 aromatic carbocycles. The standard InChI is InChI=1S/C21H24N4O4S/c26-20(6-7-21(27)25-11-9-17-8-10-22-16-19(17)25)23-12-14-24(15-13-23)30(28,29)18-4-2-1-3-5-18/h1-5,8,10,16H,6-7,9,11-15H2. The molecule has 4 rings (SSSR count). The van der Waals surface area contributed by atoms with E-state index in [0.29, 0.717) is 19.6 Å². The molecule has 0 bridgehead atoms. The highest BCUT2D eigenvalue weighted by Crippen LogP contribution is 2.27. The van der Waals surface area contributed by atoms with Gasteiger partial charge < -0.3 is 9.80 Å². The molecule has 0 saturated carbocycles. The summed E-state index contributed by atoms with van der Waals surface area (Å²) in [6, 6.07) is 10.2. The van der Waals surface area contributed by atoms with Crippen molar-refractivity contribution in [2.45, 2.75) is 24.2 Å². The quantitative estimate of drug-likeness (QED) is 0.716. The number of nitrogens with zero attached hydrogens (tertiary/aromatic N) is 4. The molecule has 3 heterocycles. The zero-order chi connectivity index (χ0) is 21.1. The molecule has 2 aliphatic heterocycles. The van der Waals surface area contributed by atoms with E-state index in [4.69, 9.17) is 0 Å². The van der Waals surface area contributed by atoms with Crippen LogP contribution in [0.15, 0.2) is 53.7 Å². The molecule has 0 N–H and O–H groups in total. The molecule has 1 aromatic heterocycles. The number of fused-ring (bicyclic) bond motifs is 1. The topological polar surface area (TPSA) is 90.9 Å². The van der Waals surface area contributed by atoms with E-state index in [2.05, 4.69) is 4.98 Å². The van der Waals surface area contributed by atoms with E-state index in [9.17, 15) is 18.0 Å². The van der Waals surface area contributed by atoms with E-state index in [1.165, 1.54) is 4.31 Å². The molecule has 9 heteroatoms. The molecule has 8 nitrogen and oxygen atoms in total. The zero-order valence-electron chi connectivity index (χ0n) is 16.6. The predicted octanol–water partition coefficient (Wildman–Crippen LogP) is 1.28. The van der Waals surface area contributed by atoms with Gasteiger partial charge in [-0.2, -0.15) is 4.31 Å². The van der Waals surface area contributed by atoms with E-state index in [1.807, 2.05) is 6.07 Å². The van der Waals surface area contributed by atoms with Crippen molar-refractivity contribution in [1.82, 2.24) is 14.2 Å². The maximum Gasteiger partial charge on any atom is 0.243 e. The highest BCUT2D eigenvalue weighted by Gasteiger charge is 2.30. The van der Waals surface area contributed by atoms with Gasteiger partial charge in [0.25, 0.3) is 0 Å². The number of carbonyl (C=O) groups is 2. The van der Waals surface area contributed by atoms with Crippen molar-refractivity contribution in [2.75, 3.05) is 37.6 Å². The number of aromatic nitrogens is 1. The van der Waals surface area contributed by atoms with Gasteiger partial charge in [-0.1, -0.05) is 18.2 Å². The first-order chi connectivity index (χ1) is 14.5. The fraction of sp³-hybridized carbons (Fsp3) is 0.381. The van der Waals surface area contributed by atoms with Gasteiger partial charge in [0.2, 0.25) is 21.8 Å². The van der Waals surface area contributed by atoms with Crippen molar-refractivity contribution in [3.63, 3.8) is 0 Å². The Labute approximate surface area is 176 Å². The minimum absolute atomic E-state index is 0.0830. The summed E-state index contributed by atoms with van der Waals surface area (Å²) in [5, 5.41) is 0. The minimum Gasteiger partial charge on any atom is -0.340 e. The second-order valence-electron chi connectivity index (χ2n) is 7.40. The third-order valence-corrected chi connectivity index (χ3v) is 7.52. The van der Waals surface area contributed by atoms with Gasteiger partial charge in [0.1, 0.15) is 0 Å². The SMILES string of the molecule is O=C(CCC(=O)N1CCc2ccncc21)N1CCN(S(=O)(=O)c2ccccc2)CC1. The number of amides is 2. The van der Waals surface area contributed by atoms with E-state index in [-0.39, 0.29) is 42.6 Å². The lowest BCUT2D eigenvalue weighted by Crippen LogP contribution is -2.50. The largest absolute Gasteiger partial charge is 0.340 e. The molecule has 0 unspecified atom stereocenters. The molecular formula is C21H24N4O4S. The van der Waals surface area contributed by atoms with Crippen molar-refractivity contribution in [3.05, 3.63) is 54.4 Å². The molecule has 1 fully saturated rings. The smallest absolute Gasteiger partial charge is 0.243 e. The molecule has 30 heavy (non-hydrogen) atoms. The maximum atomic E-state index is 12.7. The van der Waals surface area contributed by atoms with Crippen molar-refractivity contribution < 1.29 is 18.0 Å². The summed E-state index contributed by atoms with van der Waals surface area (Å²) in [5.74, 6) is -0.203. The number of pyridine rings is 1. The Morgan fingerprint density at radius 1 is 0.900 bits per heavy atom. The Hall–Kier alpha value is -2.78. The van der Waals surface area contributed by atoms with Gasteiger partial charge in [-0.15, -0.1) is 0 Å². The third kappa shape index (κ3) is 4.08. The second kappa shape index (κ2) is 8.53. The zero-order valence-corrected chi connectivity index (χ0v) is 17.4. The van der Waals surface area contributed by atoms with Crippen molar-refractivity contribution in [2.24, 2.45) is 0 Å². The van der Waals surface area contributed by atoms with E-state index in [1.54, 1.807) is 52.5 Å². The first-order valence-corrected chi connectivity index (χ1v) is 11.5. The summed E-state index contributed by atoms with van der Waals surface area (Å²) in [7, 11) is -3.55. The van der Waals surface area contributed by atoms with Crippen LogP contribution in [0.3, 0.4) is 0 Å². The van der Waals surface area contributed by atoms with Gasteiger partial charge in [-0.3, -0.25) is 14.6 Å². The van der Waals surface area contributed by atoms with Gasteiger partial charge in [-0.25, -0.2) is 8.42 Å². The number of anilines is 1. The first kappa shape index (κ1) is 20.5. The molecule has 0 radical (unpaired) electrons. The molecule has 2 aliphatic rings. The van der Waals surface area contributed by atoms with E-state index in [0.717, 1.165) is 17.7 Å². The highest BCUT2D eigenvalue weighted by molar-refractivity contribution is 7.89. The number of benzene rings is 1. The lowest BCUT2D eigenvalue weighted by Gasteiger charge is -2.34. The van der Waals surface area contributed by atoms with Crippen molar-refractivity contribution >= 4 is 27.5 Å². The van der Waals surface area contributed by atoms with Crippen LogP contribution in [0, 0.1) is 0 Å². The molecule has 0 aliphatic carbocycles. The fourth-order valence-corrected chi connectivity index (χ4v) is 5.35. The maximum absolute atomic E-state index is 12.7. The summed E-state index contributed by atoms with van der Waals surface area (Å²) in [5.41, 5.74) is 1.93. The van der Waals surface area contributed by atoms with Crippen LogP contribution in [0.25, 0.3) is 0 Å². The van der Waals surface area contributed by atoms with Crippen LogP contribution in [-0.4, -0.2) is 67.1 Å². The van der Waals surface area contributed by atoms with Gasteiger partial charge >= 0.3 is 0 Å². The third-order valence-electron chi connectivity index (χ3n) is 5.61. The molecule has 158 valence electrons. The Morgan fingerprint density at radius 2 is 1.60 bits per heavy atom. The van der Waals surface area contributed by atoms with Gasteiger partial charge in [0.15, 0.2) is 0 Å². The molecular weight excluding hydrogens is 404 g/mol. The number of hydrogen-bond donors (Lipinski definition) is 0. The molecule has 0 spiro atoms. The molecule has 2 aromatic rings. The van der Waals surface area contributed by atoms with Crippen LogP contribution in [0.1, 0.15) is 18.4 Å². The van der Waals surface area contributed by atoms with Gasteiger partial charge in [-0.05, 0) is 30.2 Å². The Morgan fingerprint density at radius 3 is 2.33 bits per heavy atom. The summed E-state index contributed by atoms with van der Waals surface area (Å²) < 4.78 is 26.8. The second-order valence-corrected chi connectivity index (χ2v) is 9.34. The van der Waals surface area contributed by atoms with E-state index < -0.39 is 10.0 Å². The van der Waals surface area contributed by atoms with Crippen LogP contribution in [-0.2, 0) is 26.0 Å². The van der Waals surface area contributed by atoms with Gasteiger partial charge in [0, 0.05) is 51.8 Å². The number of sulfonamides is 1. The fourth-order valence-electron chi connectivity index (χ4n) is 3.91. The molecule has 0 atom stereocenters. The van der Waals surface area contributed by atoms with Crippen molar-refractivity contribution in [3.8, 4) is 0 Å². The normalized spacial score (nSPS) is 17.1. The monoisotopic (exact) mass is 428 g/mol. The Balaban J connectivity index is 1.28. The van der Waals surface area contributed by atoms with E-state index >= 15 is 0 Å². The van der Waals surface area contributed by atoms with Crippen LogP contribution in [0.5, 0.6) is 0 Å². The number of hydrogen-bond acceptors (Lipinski definition) is 5. The lowest BCUT2D eigenvalue weighted by molar-refractivity contribution is -0.134. The Kier molecular flexibility index (Phi) is 5.83. The Bertz CT molecular complexity index is 1030. The average Bonchev–Trinajstić information content (AvgIpc) is 3.22.